The number of amides is 2. The van der Waals surface area contributed by atoms with E-state index in [4.69, 9.17) is 11.6 Å². The summed E-state index contributed by atoms with van der Waals surface area (Å²) >= 11 is 5.39. The summed E-state index contributed by atoms with van der Waals surface area (Å²) < 4.78 is 0. The number of nitrogens with zero attached hydrogens (tertiary/aromatic N) is 1. The van der Waals surface area contributed by atoms with Crippen molar-refractivity contribution in [2.24, 2.45) is 0 Å². The van der Waals surface area contributed by atoms with Crippen LogP contribution in [0.25, 0.3) is 0 Å². The average molecular weight is 253 g/mol. The van der Waals surface area contributed by atoms with Crippen molar-refractivity contribution in [3.63, 3.8) is 0 Å². The minimum absolute atomic E-state index is 0.0374. The Kier molecular flexibility index (Phi) is 3.64. The second-order valence-electron chi connectivity index (χ2n) is 3.88. The first-order valence-corrected chi connectivity index (χ1v) is 5.96. The monoisotopic (exact) mass is 252 g/mol. The molecule has 1 fully saturated rings. The van der Waals surface area contributed by atoms with Gasteiger partial charge in [-0.15, -0.1) is 11.6 Å². The second kappa shape index (κ2) is 5.19. The fourth-order valence-electron chi connectivity index (χ4n) is 1.67. The third-order valence-corrected chi connectivity index (χ3v) is 2.93. The van der Waals surface area contributed by atoms with E-state index in [1.165, 1.54) is 0 Å². The molecule has 0 aliphatic carbocycles. The Morgan fingerprint density at radius 3 is 2.88 bits per heavy atom. The molecule has 0 saturated carbocycles. The Hall–Kier alpha value is -1.55. The van der Waals surface area contributed by atoms with Gasteiger partial charge in [0.05, 0.1) is 0 Å². The zero-order valence-electron chi connectivity index (χ0n) is 9.28. The molecule has 0 unspecified atom stereocenters. The number of carbonyl (C=O) groups is 2. The maximum Gasteiger partial charge on any atom is 0.235 e. The molecule has 1 aliphatic rings. The molecule has 1 saturated heterocycles. The lowest BCUT2D eigenvalue weighted by atomic mass is 10.1. The highest BCUT2D eigenvalue weighted by atomic mass is 35.5. The number of carbonyl (C=O) groups excluding carboxylic acids is 2. The average Bonchev–Trinajstić information content (AvgIpc) is 2.34. The van der Waals surface area contributed by atoms with Crippen LogP contribution in [0.4, 0.5) is 5.69 Å². The van der Waals surface area contributed by atoms with Crippen molar-refractivity contribution in [3.05, 3.63) is 29.8 Å². The number of anilines is 1. The lowest BCUT2D eigenvalue weighted by molar-refractivity contribution is -0.122. The van der Waals surface area contributed by atoms with Crippen LogP contribution in [0.5, 0.6) is 0 Å². The predicted octanol–water partition coefficient (Wildman–Crippen LogP) is 1.28. The maximum atomic E-state index is 11.3. The van der Waals surface area contributed by atoms with Gasteiger partial charge in [0.15, 0.2) is 0 Å². The smallest absolute Gasteiger partial charge is 0.235 e. The number of alkyl halides is 1. The number of hydrogen-bond donors (Lipinski definition) is 1. The largest absolute Gasteiger partial charge is 0.351 e. The molecule has 2 amide bonds. The van der Waals surface area contributed by atoms with E-state index < -0.39 is 0 Å². The zero-order valence-corrected chi connectivity index (χ0v) is 10.0. The molecule has 4 nitrogen and oxygen atoms in total. The quantitative estimate of drug-likeness (QED) is 0.648. The summed E-state index contributed by atoms with van der Waals surface area (Å²) in [5.74, 6) is -0.0892. The molecule has 1 aromatic rings. The summed E-state index contributed by atoms with van der Waals surface area (Å²) in [7, 11) is 0. The minimum Gasteiger partial charge on any atom is -0.351 e. The molecule has 0 spiro atoms. The first-order chi connectivity index (χ1) is 8.20. The molecule has 5 heteroatoms. The van der Waals surface area contributed by atoms with Gasteiger partial charge in [0.25, 0.3) is 0 Å². The van der Waals surface area contributed by atoms with Gasteiger partial charge in [0.1, 0.15) is 5.88 Å². The predicted molar refractivity (Wildman–Crippen MR) is 66.0 cm³/mol. The van der Waals surface area contributed by atoms with Crippen LogP contribution >= 0.6 is 11.6 Å². The summed E-state index contributed by atoms with van der Waals surface area (Å²) in [6.07, 6.45) is 0.618. The highest BCUT2D eigenvalue weighted by molar-refractivity contribution is 6.27. The highest BCUT2D eigenvalue weighted by Gasteiger charge is 2.24. The van der Waals surface area contributed by atoms with E-state index in [0.29, 0.717) is 13.0 Å². The van der Waals surface area contributed by atoms with Gasteiger partial charge in [-0.25, -0.2) is 0 Å². The van der Waals surface area contributed by atoms with Crippen molar-refractivity contribution >= 4 is 29.1 Å². The van der Waals surface area contributed by atoms with Crippen LogP contribution in [0.1, 0.15) is 12.0 Å². The van der Waals surface area contributed by atoms with Crippen molar-refractivity contribution in [1.82, 2.24) is 5.32 Å². The highest BCUT2D eigenvalue weighted by Crippen LogP contribution is 2.22. The molecule has 1 aliphatic heterocycles. The van der Waals surface area contributed by atoms with Crippen LogP contribution in [0.3, 0.4) is 0 Å². The van der Waals surface area contributed by atoms with Gasteiger partial charge < -0.3 is 10.2 Å². The topological polar surface area (TPSA) is 49.4 Å². The van der Waals surface area contributed by atoms with Gasteiger partial charge in [0.2, 0.25) is 11.8 Å². The molecule has 0 radical (unpaired) electrons. The van der Waals surface area contributed by atoms with Crippen LogP contribution < -0.4 is 10.2 Å². The number of nitrogens with one attached hydrogen (secondary N) is 1. The Morgan fingerprint density at radius 2 is 2.29 bits per heavy atom. The summed E-state index contributed by atoms with van der Waals surface area (Å²) in [5, 5.41) is 2.69. The van der Waals surface area contributed by atoms with Gasteiger partial charge in [-0.1, -0.05) is 12.1 Å². The molecule has 90 valence electrons. The lowest BCUT2D eigenvalue weighted by Gasteiger charge is -2.30. The fraction of sp³-hybridized carbons (Fsp3) is 0.333. The number of halogens is 1. The van der Waals surface area contributed by atoms with E-state index in [2.05, 4.69) is 5.32 Å². The number of hydrogen-bond acceptors (Lipinski definition) is 2. The standard InChI is InChI=1S/C12H13ClN2O2/c13-7-11(16)14-8-9-2-1-3-10(6-9)15-5-4-12(15)17/h1-3,6H,4-5,7-8H2,(H,14,16). The van der Waals surface area contributed by atoms with E-state index in [1.54, 1.807) is 4.90 Å². The summed E-state index contributed by atoms with van der Waals surface area (Å²) in [6.45, 7) is 1.21. The molecule has 0 aromatic heterocycles. The zero-order chi connectivity index (χ0) is 12.3. The Labute approximate surface area is 105 Å². The first-order valence-electron chi connectivity index (χ1n) is 5.42. The Balaban J connectivity index is 2.01. The van der Waals surface area contributed by atoms with Crippen molar-refractivity contribution in [2.75, 3.05) is 17.3 Å². The van der Waals surface area contributed by atoms with E-state index in [-0.39, 0.29) is 17.7 Å². The van der Waals surface area contributed by atoms with Crippen LogP contribution in [-0.2, 0) is 16.1 Å². The van der Waals surface area contributed by atoms with Gasteiger partial charge in [-0.2, -0.15) is 0 Å². The van der Waals surface area contributed by atoms with E-state index in [0.717, 1.165) is 17.8 Å². The lowest BCUT2D eigenvalue weighted by Crippen LogP contribution is -2.43. The van der Waals surface area contributed by atoms with E-state index >= 15 is 0 Å². The molecule has 0 atom stereocenters. The van der Waals surface area contributed by atoms with Crippen LogP contribution in [0, 0.1) is 0 Å². The van der Waals surface area contributed by atoms with E-state index in [1.807, 2.05) is 24.3 Å². The molecule has 17 heavy (non-hydrogen) atoms. The minimum atomic E-state index is -0.197. The van der Waals surface area contributed by atoms with Crippen molar-refractivity contribution in [2.45, 2.75) is 13.0 Å². The van der Waals surface area contributed by atoms with Gasteiger partial charge >= 0.3 is 0 Å². The van der Waals surface area contributed by atoms with Crippen molar-refractivity contribution < 1.29 is 9.59 Å². The van der Waals surface area contributed by atoms with Gasteiger partial charge in [-0.3, -0.25) is 9.59 Å². The molecule has 1 N–H and O–H groups in total. The molecule has 2 rings (SSSR count). The molecule has 1 heterocycles. The number of benzene rings is 1. The summed E-state index contributed by atoms with van der Waals surface area (Å²) in [6, 6.07) is 7.58. The SMILES string of the molecule is O=C(CCl)NCc1cccc(N2CCC2=O)c1. The molecule has 1 aromatic carbocycles. The maximum absolute atomic E-state index is 11.3. The van der Waals surface area contributed by atoms with Gasteiger partial charge in [0, 0.05) is 25.2 Å². The summed E-state index contributed by atoms with van der Waals surface area (Å²) in [4.78, 5) is 24.0. The van der Waals surface area contributed by atoms with Crippen LogP contribution in [-0.4, -0.2) is 24.2 Å². The number of rotatable bonds is 4. The summed E-state index contributed by atoms with van der Waals surface area (Å²) in [5.41, 5.74) is 1.85. The van der Waals surface area contributed by atoms with Gasteiger partial charge in [-0.05, 0) is 17.7 Å². The molecular weight excluding hydrogens is 240 g/mol. The van der Waals surface area contributed by atoms with Crippen LogP contribution in [0.2, 0.25) is 0 Å². The first kappa shape index (κ1) is 11.9. The van der Waals surface area contributed by atoms with E-state index in [9.17, 15) is 9.59 Å². The normalized spacial score (nSPS) is 14.4. The number of β-lactam (4-membered cyclic amide) rings is 1. The van der Waals surface area contributed by atoms with Crippen molar-refractivity contribution in [3.8, 4) is 0 Å². The third kappa shape index (κ3) is 2.77. The fourth-order valence-corrected chi connectivity index (χ4v) is 1.76. The molecular formula is C12H13ClN2O2. The molecule has 0 bridgehead atoms. The Bertz CT molecular complexity index is 448. The third-order valence-electron chi connectivity index (χ3n) is 2.68. The van der Waals surface area contributed by atoms with Crippen LogP contribution in [0.15, 0.2) is 24.3 Å². The second-order valence-corrected chi connectivity index (χ2v) is 4.14. The Morgan fingerprint density at radius 1 is 1.47 bits per heavy atom. The van der Waals surface area contributed by atoms with Crippen molar-refractivity contribution in [1.29, 1.82) is 0 Å².